The van der Waals surface area contributed by atoms with Gasteiger partial charge in [-0.1, -0.05) is 45.0 Å². The van der Waals surface area contributed by atoms with Crippen molar-refractivity contribution < 1.29 is 18.7 Å². The highest BCUT2D eigenvalue weighted by Gasteiger charge is 2.34. The summed E-state index contributed by atoms with van der Waals surface area (Å²) in [6, 6.07) is 15.4. The van der Waals surface area contributed by atoms with E-state index in [1.807, 2.05) is 62.1 Å². The van der Waals surface area contributed by atoms with E-state index >= 15 is 0 Å². The predicted octanol–water partition coefficient (Wildman–Crippen LogP) is 4.82. The van der Waals surface area contributed by atoms with Crippen molar-refractivity contribution in [3.63, 3.8) is 0 Å². The average Bonchev–Trinajstić information content (AvgIpc) is 2.89. The Morgan fingerprint density at radius 2 is 2.00 bits per heavy atom. The predicted molar refractivity (Wildman–Crippen MR) is 136 cm³/mol. The van der Waals surface area contributed by atoms with Crippen LogP contribution in [0.3, 0.4) is 0 Å². The number of nitrogens with one attached hydrogen (secondary N) is 1. The third kappa shape index (κ3) is 5.73. The Morgan fingerprint density at radius 1 is 1.17 bits per heavy atom. The Balaban J connectivity index is 1.60. The summed E-state index contributed by atoms with van der Waals surface area (Å²) in [5, 5.41) is 2.91. The van der Waals surface area contributed by atoms with Gasteiger partial charge in [0, 0.05) is 31.4 Å². The Bertz CT molecular complexity index is 1220. The minimum atomic E-state index is -0.677. The summed E-state index contributed by atoms with van der Waals surface area (Å²) in [7, 11) is 0. The second-order valence-corrected chi connectivity index (χ2v) is 9.35. The zero-order valence-electron chi connectivity index (χ0n) is 20.9. The molecule has 1 aliphatic rings. The number of carbonyl (C=O) groups excluding carboxylic acids is 2. The van der Waals surface area contributed by atoms with Gasteiger partial charge in [0.2, 0.25) is 5.91 Å². The second kappa shape index (κ2) is 11.3. The van der Waals surface area contributed by atoms with Crippen LogP contribution >= 0.6 is 0 Å². The van der Waals surface area contributed by atoms with Crippen LogP contribution in [0, 0.1) is 11.7 Å². The lowest BCUT2D eigenvalue weighted by Crippen LogP contribution is -2.42. The van der Waals surface area contributed by atoms with Crippen molar-refractivity contribution in [2.45, 2.75) is 52.3 Å². The van der Waals surface area contributed by atoms with Gasteiger partial charge in [0.15, 0.2) is 6.10 Å². The molecule has 7 heteroatoms. The van der Waals surface area contributed by atoms with Crippen LogP contribution in [0.1, 0.15) is 55.5 Å². The SMILES string of the molecule is CCC(Oc1ccc2c(c1)C(c1cccc(F)c1)N(C(=O)C(C)C)CC2)C(=O)NCc1cccnc1. The highest BCUT2D eigenvalue weighted by molar-refractivity contribution is 5.81. The molecule has 1 aliphatic heterocycles. The van der Waals surface area contributed by atoms with E-state index < -0.39 is 12.1 Å². The minimum absolute atomic E-state index is 0.0162. The summed E-state index contributed by atoms with van der Waals surface area (Å²) in [6.45, 7) is 6.56. The van der Waals surface area contributed by atoms with E-state index in [0.717, 1.165) is 16.7 Å². The number of amides is 2. The molecule has 6 nitrogen and oxygen atoms in total. The fraction of sp³-hybridized carbons (Fsp3) is 0.345. The van der Waals surface area contributed by atoms with E-state index in [4.69, 9.17) is 4.74 Å². The highest BCUT2D eigenvalue weighted by atomic mass is 19.1. The highest BCUT2D eigenvalue weighted by Crippen LogP contribution is 2.38. The lowest BCUT2D eigenvalue weighted by Gasteiger charge is -2.39. The lowest BCUT2D eigenvalue weighted by atomic mass is 9.87. The van der Waals surface area contributed by atoms with Gasteiger partial charge in [-0.2, -0.15) is 0 Å². The van der Waals surface area contributed by atoms with Crippen LogP contribution in [0.2, 0.25) is 0 Å². The first kappa shape index (κ1) is 25.4. The van der Waals surface area contributed by atoms with E-state index in [-0.39, 0.29) is 23.5 Å². The van der Waals surface area contributed by atoms with Crippen molar-refractivity contribution in [2.24, 2.45) is 5.92 Å². The number of hydrogen-bond donors (Lipinski definition) is 1. The van der Waals surface area contributed by atoms with Gasteiger partial charge in [0.25, 0.3) is 5.91 Å². The maximum absolute atomic E-state index is 14.2. The first-order valence-electron chi connectivity index (χ1n) is 12.4. The number of aromatic nitrogens is 1. The molecule has 188 valence electrons. The molecule has 0 saturated carbocycles. The third-order valence-electron chi connectivity index (χ3n) is 6.42. The van der Waals surface area contributed by atoms with Crippen molar-refractivity contribution in [3.8, 4) is 5.75 Å². The Morgan fingerprint density at radius 3 is 2.69 bits per heavy atom. The fourth-order valence-electron chi connectivity index (χ4n) is 4.56. The van der Waals surface area contributed by atoms with Gasteiger partial charge in [-0.15, -0.1) is 0 Å². The fourth-order valence-corrected chi connectivity index (χ4v) is 4.56. The van der Waals surface area contributed by atoms with Crippen molar-refractivity contribution in [2.75, 3.05) is 6.54 Å². The molecular weight excluding hydrogens is 457 g/mol. The average molecular weight is 490 g/mol. The summed E-state index contributed by atoms with van der Waals surface area (Å²) in [4.78, 5) is 31.8. The Hall–Kier alpha value is -3.74. The number of hydrogen-bond acceptors (Lipinski definition) is 4. The topological polar surface area (TPSA) is 71.5 Å². The summed E-state index contributed by atoms with van der Waals surface area (Å²) in [5.41, 5.74) is 3.59. The van der Waals surface area contributed by atoms with Crippen LogP contribution in [-0.2, 0) is 22.6 Å². The molecule has 1 aromatic heterocycles. The van der Waals surface area contributed by atoms with Gasteiger partial charge in [-0.25, -0.2) is 4.39 Å². The van der Waals surface area contributed by atoms with Gasteiger partial charge in [-0.3, -0.25) is 14.6 Å². The van der Waals surface area contributed by atoms with Crippen LogP contribution in [0.4, 0.5) is 4.39 Å². The van der Waals surface area contributed by atoms with Crippen LogP contribution in [-0.4, -0.2) is 34.3 Å². The zero-order chi connectivity index (χ0) is 25.7. The number of pyridine rings is 1. The zero-order valence-corrected chi connectivity index (χ0v) is 20.9. The molecule has 2 unspecified atom stereocenters. The Kier molecular flexibility index (Phi) is 7.98. The molecule has 1 N–H and O–H groups in total. The third-order valence-corrected chi connectivity index (χ3v) is 6.42. The summed E-state index contributed by atoms with van der Waals surface area (Å²) in [5.74, 6) is -0.187. The van der Waals surface area contributed by atoms with E-state index in [9.17, 15) is 14.0 Å². The monoisotopic (exact) mass is 489 g/mol. The quantitative estimate of drug-likeness (QED) is 0.492. The van der Waals surface area contributed by atoms with Crippen LogP contribution in [0.15, 0.2) is 67.0 Å². The molecule has 2 aromatic carbocycles. The van der Waals surface area contributed by atoms with E-state index in [1.165, 1.54) is 12.1 Å². The van der Waals surface area contributed by atoms with Crippen molar-refractivity contribution in [3.05, 3.63) is 95.1 Å². The Labute approximate surface area is 211 Å². The van der Waals surface area contributed by atoms with Crippen molar-refractivity contribution in [1.82, 2.24) is 15.2 Å². The summed E-state index contributed by atoms with van der Waals surface area (Å²) >= 11 is 0. The maximum Gasteiger partial charge on any atom is 0.261 e. The van der Waals surface area contributed by atoms with Gasteiger partial charge in [-0.05, 0) is 65.4 Å². The van der Waals surface area contributed by atoms with Gasteiger partial charge >= 0.3 is 0 Å². The molecule has 2 amide bonds. The molecule has 3 aromatic rings. The van der Waals surface area contributed by atoms with Gasteiger partial charge in [0.1, 0.15) is 11.6 Å². The van der Waals surface area contributed by atoms with E-state index in [0.29, 0.717) is 37.2 Å². The normalized spacial score (nSPS) is 15.8. The van der Waals surface area contributed by atoms with Gasteiger partial charge < -0.3 is 15.0 Å². The molecule has 2 atom stereocenters. The molecular formula is C29H32FN3O3. The molecule has 0 saturated heterocycles. The number of benzene rings is 2. The summed E-state index contributed by atoms with van der Waals surface area (Å²) < 4.78 is 20.3. The van der Waals surface area contributed by atoms with E-state index in [2.05, 4.69) is 10.3 Å². The maximum atomic E-state index is 14.2. The number of fused-ring (bicyclic) bond motifs is 1. The first-order chi connectivity index (χ1) is 17.4. The van der Waals surface area contributed by atoms with Crippen LogP contribution in [0.25, 0.3) is 0 Å². The molecule has 36 heavy (non-hydrogen) atoms. The molecule has 2 heterocycles. The molecule has 4 rings (SSSR count). The van der Waals surface area contributed by atoms with E-state index in [1.54, 1.807) is 18.5 Å². The van der Waals surface area contributed by atoms with Crippen molar-refractivity contribution in [1.29, 1.82) is 0 Å². The number of rotatable bonds is 8. The van der Waals surface area contributed by atoms with Crippen molar-refractivity contribution >= 4 is 11.8 Å². The molecule has 0 spiro atoms. The van der Waals surface area contributed by atoms with Gasteiger partial charge in [0.05, 0.1) is 6.04 Å². The lowest BCUT2D eigenvalue weighted by molar-refractivity contribution is -0.136. The second-order valence-electron chi connectivity index (χ2n) is 9.35. The molecule has 0 bridgehead atoms. The largest absolute Gasteiger partial charge is 0.481 e. The standard InChI is InChI=1S/C29H32FN3O3/c1-4-26(28(34)32-18-20-7-6-13-31-17-20)36-24-11-10-21-12-14-33(29(35)19(2)3)27(25(21)16-24)22-8-5-9-23(30)15-22/h5-11,13,15-17,19,26-27H,4,12,14,18H2,1-3H3,(H,32,34). The molecule has 0 fully saturated rings. The first-order valence-corrected chi connectivity index (χ1v) is 12.4. The summed E-state index contributed by atoms with van der Waals surface area (Å²) in [6.07, 6.45) is 3.91. The number of carbonyl (C=O) groups is 2. The number of halogens is 1. The van der Waals surface area contributed by atoms with Crippen LogP contribution in [0.5, 0.6) is 5.75 Å². The minimum Gasteiger partial charge on any atom is -0.481 e. The number of ether oxygens (including phenoxy) is 1. The molecule has 0 radical (unpaired) electrons. The molecule has 0 aliphatic carbocycles. The van der Waals surface area contributed by atoms with Crippen LogP contribution < -0.4 is 10.1 Å². The smallest absolute Gasteiger partial charge is 0.261 e. The number of nitrogens with zero attached hydrogens (tertiary/aromatic N) is 2.